The standard InChI is InChI=1S/C25H20NOP/c27-28(24-13-3-1-4-14-24,25-15-5-2-6-16-25)26-19-9-10-21-17-18-22-11-7-8-12-23(22)20-21/h1-20H/b10-9+,26-19+. The molecule has 4 aromatic rings. The fraction of sp³-hybridized carbons (Fsp3) is 0. The second-order valence-electron chi connectivity index (χ2n) is 6.48. The molecule has 2 nitrogen and oxygen atoms in total. The van der Waals surface area contributed by atoms with Gasteiger partial charge in [-0.2, -0.15) is 0 Å². The lowest BCUT2D eigenvalue weighted by atomic mass is 10.1. The molecule has 0 heterocycles. The van der Waals surface area contributed by atoms with E-state index in [4.69, 9.17) is 0 Å². The van der Waals surface area contributed by atoms with Gasteiger partial charge in [-0.15, -0.1) is 0 Å². The van der Waals surface area contributed by atoms with Crippen LogP contribution in [0.5, 0.6) is 0 Å². The third kappa shape index (κ3) is 3.88. The molecule has 4 aromatic carbocycles. The van der Waals surface area contributed by atoms with E-state index in [2.05, 4.69) is 35.1 Å². The van der Waals surface area contributed by atoms with Crippen LogP contribution >= 0.6 is 7.29 Å². The van der Waals surface area contributed by atoms with Crippen molar-refractivity contribution < 1.29 is 4.57 Å². The number of rotatable bonds is 5. The normalized spacial score (nSPS) is 12.1. The van der Waals surface area contributed by atoms with E-state index in [0.29, 0.717) is 0 Å². The molecule has 0 atom stereocenters. The maximum atomic E-state index is 13.8. The first-order valence-electron chi connectivity index (χ1n) is 9.18. The van der Waals surface area contributed by atoms with Crippen molar-refractivity contribution in [1.29, 1.82) is 0 Å². The summed E-state index contributed by atoms with van der Waals surface area (Å²) in [6.45, 7) is 0. The summed E-state index contributed by atoms with van der Waals surface area (Å²) in [5, 5.41) is 3.87. The predicted octanol–water partition coefficient (Wildman–Crippen LogP) is 5.85. The molecule has 0 bridgehead atoms. The molecule has 0 aliphatic carbocycles. The minimum Gasteiger partial charge on any atom is -0.288 e. The summed E-state index contributed by atoms with van der Waals surface area (Å²) in [6.07, 6.45) is 5.48. The highest BCUT2D eigenvalue weighted by molar-refractivity contribution is 7.77. The highest BCUT2D eigenvalue weighted by atomic mass is 31.2. The van der Waals surface area contributed by atoms with Crippen molar-refractivity contribution >= 4 is 41.0 Å². The molecular weight excluding hydrogens is 361 g/mol. The highest BCUT2D eigenvalue weighted by Gasteiger charge is 2.25. The zero-order chi connectivity index (χ0) is 19.2. The van der Waals surface area contributed by atoms with E-state index in [1.165, 1.54) is 10.8 Å². The monoisotopic (exact) mass is 381 g/mol. The van der Waals surface area contributed by atoms with Crippen LogP contribution in [0, 0.1) is 0 Å². The number of hydrogen-bond donors (Lipinski definition) is 0. The van der Waals surface area contributed by atoms with Crippen LogP contribution < -0.4 is 10.6 Å². The summed E-state index contributed by atoms with van der Waals surface area (Å²) in [7, 11) is -3.07. The van der Waals surface area contributed by atoms with Gasteiger partial charge in [0.2, 0.25) is 7.29 Å². The molecule has 0 fully saturated rings. The van der Waals surface area contributed by atoms with E-state index in [9.17, 15) is 4.57 Å². The zero-order valence-electron chi connectivity index (χ0n) is 15.3. The lowest BCUT2D eigenvalue weighted by Crippen LogP contribution is -2.14. The van der Waals surface area contributed by atoms with Gasteiger partial charge in [0.1, 0.15) is 0 Å². The number of fused-ring (bicyclic) bond motifs is 1. The summed E-state index contributed by atoms with van der Waals surface area (Å²) in [5.74, 6) is 0. The molecule has 0 saturated heterocycles. The van der Waals surface area contributed by atoms with Gasteiger partial charge in [0.25, 0.3) is 0 Å². The average molecular weight is 381 g/mol. The van der Waals surface area contributed by atoms with Gasteiger partial charge in [0, 0.05) is 16.8 Å². The summed E-state index contributed by atoms with van der Waals surface area (Å²) >= 11 is 0. The van der Waals surface area contributed by atoms with Crippen LogP contribution in [-0.4, -0.2) is 6.21 Å². The lowest BCUT2D eigenvalue weighted by molar-refractivity contribution is 0.588. The molecule has 0 amide bonds. The highest BCUT2D eigenvalue weighted by Crippen LogP contribution is 2.44. The van der Waals surface area contributed by atoms with Gasteiger partial charge >= 0.3 is 0 Å². The van der Waals surface area contributed by atoms with E-state index in [0.717, 1.165) is 16.2 Å². The third-order valence-electron chi connectivity index (χ3n) is 4.59. The van der Waals surface area contributed by atoms with E-state index < -0.39 is 7.29 Å². The molecule has 0 aromatic heterocycles. The van der Waals surface area contributed by atoms with Gasteiger partial charge in [0.15, 0.2) is 0 Å². The zero-order valence-corrected chi connectivity index (χ0v) is 16.2. The van der Waals surface area contributed by atoms with Crippen molar-refractivity contribution in [2.24, 2.45) is 4.76 Å². The van der Waals surface area contributed by atoms with Crippen LogP contribution in [0.15, 0.2) is 114 Å². The summed E-state index contributed by atoms with van der Waals surface area (Å²) in [6, 6.07) is 33.5. The number of allylic oxidation sites excluding steroid dienone is 1. The van der Waals surface area contributed by atoms with Crippen molar-refractivity contribution in [3.8, 4) is 0 Å². The molecule has 0 saturated carbocycles. The molecule has 0 spiro atoms. The third-order valence-corrected chi connectivity index (χ3v) is 7.04. The second kappa shape index (κ2) is 8.21. The van der Waals surface area contributed by atoms with Crippen LogP contribution in [0.3, 0.4) is 0 Å². The Hall–Kier alpha value is -3.22. The van der Waals surface area contributed by atoms with Crippen molar-refractivity contribution in [3.05, 3.63) is 115 Å². The van der Waals surface area contributed by atoms with Crippen LogP contribution in [0.4, 0.5) is 0 Å². The first-order chi connectivity index (χ1) is 13.8. The topological polar surface area (TPSA) is 29.4 Å². The van der Waals surface area contributed by atoms with Crippen LogP contribution in [0.25, 0.3) is 16.8 Å². The molecule has 3 heteroatoms. The van der Waals surface area contributed by atoms with Crippen LogP contribution in [0.2, 0.25) is 0 Å². The second-order valence-corrected chi connectivity index (χ2v) is 8.89. The van der Waals surface area contributed by atoms with Gasteiger partial charge in [-0.3, -0.25) is 4.57 Å². The molecule has 0 aliphatic heterocycles. The smallest absolute Gasteiger partial charge is 0.247 e. The van der Waals surface area contributed by atoms with E-state index in [-0.39, 0.29) is 0 Å². The number of benzene rings is 4. The Labute approximate surface area is 165 Å². The first-order valence-corrected chi connectivity index (χ1v) is 10.8. The van der Waals surface area contributed by atoms with E-state index >= 15 is 0 Å². The van der Waals surface area contributed by atoms with Crippen LogP contribution in [0.1, 0.15) is 5.56 Å². The maximum absolute atomic E-state index is 13.8. The summed E-state index contributed by atoms with van der Waals surface area (Å²) in [5.41, 5.74) is 1.08. The Balaban J connectivity index is 1.64. The molecule has 4 rings (SSSR count). The quantitative estimate of drug-likeness (QED) is 0.315. The molecule has 28 heavy (non-hydrogen) atoms. The number of nitrogens with zero attached hydrogens (tertiary/aromatic N) is 1. The minimum absolute atomic E-state index is 0.733. The van der Waals surface area contributed by atoms with Crippen molar-refractivity contribution in [3.63, 3.8) is 0 Å². The largest absolute Gasteiger partial charge is 0.288 e. The molecule has 0 N–H and O–H groups in total. The van der Waals surface area contributed by atoms with Gasteiger partial charge in [-0.05, 0) is 52.7 Å². The van der Waals surface area contributed by atoms with Crippen LogP contribution in [-0.2, 0) is 4.57 Å². The lowest BCUT2D eigenvalue weighted by Gasteiger charge is -2.13. The minimum atomic E-state index is -3.07. The van der Waals surface area contributed by atoms with E-state index in [1.54, 1.807) is 6.21 Å². The Morgan fingerprint density at radius 1 is 0.643 bits per heavy atom. The average Bonchev–Trinajstić information content (AvgIpc) is 2.77. The molecule has 0 radical (unpaired) electrons. The fourth-order valence-electron chi connectivity index (χ4n) is 3.14. The van der Waals surface area contributed by atoms with Crippen molar-refractivity contribution in [2.45, 2.75) is 0 Å². The Morgan fingerprint density at radius 2 is 1.21 bits per heavy atom. The van der Waals surface area contributed by atoms with Gasteiger partial charge < -0.3 is 0 Å². The van der Waals surface area contributed by atoms with Gasteiger partial charge in [-0.25, -0.2) is 4.76 Å². The van der Waals surface area contributed by atoms with Crippen molar-refractivity contribution in [2.75, 3.05) is 0 Å². The molecule has 0 unspecified atom stereocenters. The first kappa shape index (κ1) is 18.2. The SMILES string of the molecule is O=P(/N=C/C=C/c1ccc2ccccc2c1)(c1ccccc1)c1ccccc1. The number of hydrogen-bond acceptors (Lipinski definition) is 1. The summed E-state index contributed by atoms with van der Waals surface area (Å²) < 4.78 is 18.3. The Bertz CT molecular complexity index is 1140. The summed E-state index contributed by atoms with van der Waals surface area (Å²) in [4.78, 5) is 0. The molecular formula is C25H20NOP. The molecule has 136 valence electrons. The fourth-order valence-corrected chi connectivity index (χ4v) is 5.12. The van der Waals surface area contributed by atoms with Gasteiger partial charge in [-0.1, -0.05) is 78.9 Å². The maximum Gasteiger partial charge on any atom is 0.247 e. The molecule has 0 aliphatic rings. The van der Waals surface area contributed by atoms with Gasteiger partial charge in [0.05, 0.1) is 0 Å². The Morgan fingerprint density at radius 3 is 1.86 bits per heavy atom. The van der Waals surface area contributed by atoms with Crippen molar-refractivity contribution in [1.82, 2.24) is 0 Å². The Kier molecular flexibility index (Phi) is 5.32. The predicted molar refractivity (Wildman–Crippen MR) is 121 cm³/mol. The van der Waals surface area contributed by atoms with E-state index in [1.807, 2.05) is 84.9 Å².